The fraction of sp³-hybridized carbons (Fsp3) is 0.600. The number of unbranched alkanes of at least 4 members (excludes halogenated alkanes) is 1. The Morgan fingerprint density at radius 3 is 2.50 bits per heavy atom. The molecule has 3 heteroatoms. The second-order valence-corrected chi connectivity index (χ2v) is 5.03. The monoisotopic (exact) mass is 267 g/mol. The molecule has 0 heterocycles. The zero-order valence-electron chi connectivity index (χ0n) is 11.3. The highest BCUT2D eigenvalue weighted by Crippen LogP contribution is 2.18. The normalized spacial score (nSPS) is 12.9. The first-order valence-corrected chi connectivity index (χ1v) is 7.44. The van der Waals surface area contributed by atoms with Crippen molar-refractivity contribution in [2.75, 3.05) is 32.0 Å². The minimum atomic E-state index is 0.234. The van der Waals surface area contributed by atoms with E-state index >= 15 is 0 Å². The maximum absolute atomic E-state index is 9.13. The Bertz CT molecular complexity index is 305. The van der Waals surface area contributed by atoms with E-state index in [9.17, 15) is 0 Å². The van der Waals surface area contributed by atoms with Gasteiger partial charge in [-0.25, -0.2) is 0 Å². The van der Waals surface area contributed by atoms with Crippen LogP contribution in [0.5, 0.6) is 0 Å². The molecule has 0 spiro atoms. The van der Waals surface area contributed by atoms with Gasteiger partial charge in [0.2, 0.25) is 0 Å². The first-order valence-electron chi connectivity index (χ1n) is 6.80. The quantitative estimate of drug-likeness (QED) is 0.672. The van der Waals surface area contributed by atoms with Crippen LogP contribution < -0.4 is 0 Å². The molecule has 18 heavy (non-hydrogen) atoms. The third-order valence-electron chi connectivity index (χ3n) is 3.21. The summed E-state index contributed by atoms with van der Waals surface area (Å²) in [5.74, 6) is 1.29. The van der Waals surface area contributed by atoms with Crippen molar-refractivity contribution >= 4 is 12.6 Å². The molecule has 0 amide bonds. The second kappa shape index (κ2) is 9.42. The van der Waals surface area contributed by atoms with Crippen LogP contribution in [0.4, 0.5) is 0 Å². The summed E-state index contributed by atoms with van der Waals surface area (Å²) in [6.45, 7) is 5.24. The lowest BCUT2D eigenvalue weighted by molar-refractivity contribution is 0.188. The number of thiol groups is 1. The second-order valence-electron chi connectivity index (χ2n) is 4.67. The summed E-state index contributed by atoms with van der Waals surface area (Å²) in [6.07, 6.45) is 2.38. The first kappa shape index (κ1) is 15.5. The van der Waals surface area contributed by atoms with Crippen molar-refractivity contribution in [1.29, 1.82) is 0 Å². The molecule has 1 rings (SSSR count). The van der Waals surface area contributed by atoms with E-state index in [2.05, 4.69) is 48.7 Å². The molecule has 102 valence electrons. The van der Waals surface area contributed by atoms with Gasteiger partial charge in [-0.1, -0.05) is 43.7 Å². The van der Waals surface area contributed by atoms with Crippen LogP contribution in [0.1, 0.15) is 31.2 Å². The molecule has 1 atom stereocenters. The van der Waals surface area contributed by atoms with Crippen LogP contribution in [0.15, 0.2) is 30.3 Å². The van der Waals surface area contributed by atoms with Gasteiger partial charge in [-0.2, -0.15) is 12.6 Å². The lowest BCUT2D eigenvalue weighted by Gasteiger charge is -2.26. The number of aliphatic hydroxyl groups is 1. The molecule has 1 unspecified atom stereocenters. The van der Waals surface area contributed by atoms with Crippen molar-refractivity contribution in [3.63, 3.8) is 0 Å². The van der Waals surface area contributed by atoms with Gasteiger partial charge in [0.15, 0.2) is 0 Å². The van der Waals surface area contributed by atoms with Crippen LogP contribution in [0, 0.1) is 0 Å². The van der Waals surface area contributed by atoms with Gasteiger partial charge >= 0.3 is 0 Å². The standard InChI is InChI=1S/C15H25NOS/c1-2-3-9-16(10-11-17)12-15(13-18)14-7-5-4-6-8-14/h4-8,15,17-18H,2-3,9-13H2,1H3. The highest BCUT2D eigenvalue weighted by Gasteiger charge is 2.14. The average Bonchev–Trinajstić information content (AvgIpc) is 2.43. The Labute approximate surface area is 116 Å². The fourth-order valence-corrected chi connectivity index (χ4v) is 2.45. The largest absolute Gasteiger partial charge is 0.395 e. The van der Waals surface area contributed by atoms with Gasteiger partial charge in [0.25, 0.3) is 0 Å². The van der Waals surface area contributed by atoms with Gasteiger partial charge in [0.05, 0.1) is 6.61 Å². The average molecular weight is 267 g/mol. The van der Waals surface area contributed by atoms with Crippen LogP contribution in [-0.2, 0) is 0 Å². The molecular weight excluding hydrogens is 242 g/mol. The van der Waals surface area contributed by atoms with Gasteiger partial charge in [-0.05, 0) is 24.3 Å². The topological polar surface area (TPSA) is 23.5 Å². The molecule has 0 saturated carbocycles. The van der Waals surface area contributed by atoms with Crippen LogP contribution in [0.3, 0.4) is 0 Å². The fourth-order valence-electron chi connectivity index (χ4n) is 2.12. The summed E-state index contributed by atoms with van der Waals surface area (Å²) in [5, 5.41) is 9.13. The van der Waals surface area contributed by atoms with Crippen LogP contribution in [0.2, 0.25) is 0 Å². The van der Waals surface area contributed by atoms with E-state index in [0.717, 1.165) is 25.4 Å². The minimum absolute atomic E-state index is 0.234. The molecule has 2 nitrogen and oxygen atoms in total. The Hall–Kier alpha value is -0.510. The summed E-state index contributed by atoms with van der Waals surface area (Å²) in [6, 6.07) is 10.5. The van der Waals surface area contributed by atoms with Crippen molar-refractivity contribution in [1.82, 2.24) is 4.90 Å². The Morgan fingerprint density at radius 1 is 1.22 bits per heavy atom. The smallest absolute Gasteiger partial charge is 0.0558 e. The van der Waals surface area contributed by atoms with E-state index in [-0.39, 0.29) is 6.61 Å². The van der Waals surface area contributed by atoms with Crippen molar-refractivity contribution < 1.29 is 5.11 Å². The molecule has 0 bridgehead atoms. The van der Waals surface area contributed by atoms with Crippen molar-refractivity contribution in [2.45, 2.75) is 25.7 Å². The molecule has 1 aromatic rings. The van der Waals surface area contributed by atoms with Crippen LogP contribution in [0.25, 0.3) is 0 Å². The zero-order valence-corrected chi connectivity index (χ0v) is 12.1. The van der Waals surface area contributed by atoms with E-state index in [0.29, 0.717) is 5.92 Å². The number of aliphatic hydroxyl groups excluding tert-OH is 1. The Kier molecular flexibility index (Phi) is 8.14. The Balaban J connectivity index is 2.58. The highest BCUT2D eigenvalue weighted by molar-refractivity contribution is 7.80. The highest BCUT2D eigenvalue weighted by atomic mass is 32.1. The predicted octanol–water partition coefficient (Wildman–Crippen LogP) is 2.79. The third-order valence-corrected chi connectivity index (χ3v) is 3.65. The van der Waals surface area contributed by atoms with Gasteiger partial charge in [0, 0.05) is 19.0 Å². The zero-order chi connectivity index (χ0) is 13.2. The van der Waals surface area contributed by atoms with E-state index < -0.39 is 0 Å². The number of hydrogen-bond donors (Lipinski definition) is 2. The number of rotatable bonds is 9. The maximum atomic E-state index is 9.13. The molecule has 0 aliphatic carbocycles. The summed E-state index contributed by atoms with van der Waals surface area (Å²) in [7, 11) is 0. The van der Waals surface area contributed by atoms with Crippen molar-refractivity contribution in [3.8, 4) is 0 Å². The molecular formula is C15H25NOS. The first-order chi connectivity index (χ1) is 8.81. The number of hydrogen-bond acceptors (Lipinski definition) is 3. The SMILES string of the molecule is CCCCN(CCO)CC(CS)c1ccccc1. The van der Waals surface area contributed by atoms with Crippen molar-refractivity contribution in [3.05, 3.63) is 35.9 Å². The Morgan fingerprint density at radius 2 is 1.94 bits per heavy atom. The van der Waals surface area contributed by atoms with E-state index in [4.69, 9.17) is 5.11 Å². The molecule has 1 N–H and O–H groups in total. The van der Waals surface area contributed by atoms with Gasteiger partial charge in [-0.15, -0.1) is 0 Å². The molecule has 1 aromatic carbocycles. The van der Waals surface area contributed by atoms with Crippen LogP contribution in [-0.4, -0.2) is 42.0 Å². The predicted molar refractivity (Wildman–Crippen MR) is 81.5 cm³/mol. The molecule has 0 aliphatic heterocycles. The van der Waals surface area contributed by atoms with E-state index in [1.54, 1.807) is 0 Å². The maximum Gasteiger partial charge on any atom is 0.0558 e. The lowest BCUT2D eigenvalue weighted by atomic mass is 10.0. The van der Waals surface area contributed by atoms with E-state index in [1.165, 1.54) is 18.4 Å². The van der Waals surface area contributed by atoms with Gasteiger partial charge in [-0.3, -0.25) is 0 Å². The van der Waals surface area contributed by atoms with Crippen LogP contribution >= 0.6 is 12.6 Å². The van der Waals surface area contributed by atoms with Crippen molar-refractivity contribution in [2.24, 2.45) is 0 Å². The molecule has 0 fully saturated rings. The molecule has 0 aromatic heterocycles. The van der Waals surface area contributed by atoms with E-state index in [1.807, 2.05) is 6.07 Å². The number of nitrogens with zero attached hydrogens (tertiary/aromatic N) is 1. The number of benzene rings is 1. The summed E-state index contributed by atoms with van der Waals surface area (Å²) in [5.41, 5.74) is 1.34. The van der Waals surface area contributed by atoms with Gasteiger partial charge < -0.3 is 10.0 Å². The summed E-state index contributed by atoms with van der Waals surface area (Å²) < 4.78 is 0. The molecule has 0 radical (unpaired) electrons. The van der Waals surface area contributed by atoms with Gasteiger partial charge in [0.1, 0.15) is 0 Å². The molecule has 0 aliphatic rings. The summed E-state index contributed by atoms with van der Waals surface area (Å²) >= 11 is 4.47. The summed E-state index contributed by atoms with van der Waals surface area (Å²) in [4.78, 5) is 2.34. The molecule has 0 saturated heterocycles. The lowest BCUT2D eigenvalue weighted by Crippen LogP contribution is -2.32. The minimum Gasteiger partial charge on any atom is -0.395 e. The third kappa shape index (κ3) is 5.42.